The molecule has 7 heteroatoms. The second-order valence-corrected chi connectivity index (χ2v) is 6.51. The lowest BCUT2D eigenvalue weighted by Gasteiger charge is -2.21. The van der Waals surface area contributed by atoms with E-state index in [1.54, 1.807) is 12.1 Å². The number of carbonyl (C=O) groups is 1. The number of nitrogens with one attached hydrogen (secondary N) is 2. The largest absolute Gasteiger partial charge is 0.352 e. The van der Waals surface area contributed by atoms with Crippen molar-refractivity contribution in [3.63, 3.8) is 0 Å². The van der Waals surface area contributed by atoms with E-state index in [2.05, 4.69) is 10.6 Å². The summed E-state index contributed by atoms with van der Waals surface area (Å²) >= 11 is 0. The Morgan fingerprint density at radius 1 is 1.35 bits per heavy atom. The zero-order valence-electron chi connectivity index (χ0n) is 11.1. The molecule has 0 aliphatic carbocycles. The second kappa shape index (κ2) is 6.34. The zero-order valence-corrected chi connectivity index (χ0v) is 11.9. The van der Waals surface area contributed by atoms with Gasteiger partial charge in [0.05, 0.1) is 10.8 Å². The lowest BCUT2D eigenvalue weighted by Crippen LogP contribution is -2.40. The van der Waals surface area contributed by atoms with Crippen LogP contribution in [0.5, 0.6) is 0 Å². The summed E-state index contributed by atoms with van der Waals surface area (Å²) in [6.07, 6.45) is 1.92. The third-order valence-corrected chi connectivity index (χ3v) is 4.32. The summed E-state index contributed by atoms with van der Waals surface area (Å²) in [4.78, 5) is 12.0. The van der Waals surface area contributed by atoms with E-state index in [4.69, 9.17) is 5.14 Å². The zero-order chi connectivity index (χ0) is 14.6. The predicted octanol–water partition coefficient (Wildman–Crippen LogP) is -0.0502. The molecule has 1 amide bonds. The molecule has 1 fully saturated rings. The standard InChI is InChI=1S/C13H19N3O3S/c14-20(18,19)12-5-3-10(4-6-12)8-16-13(17)11-2-1-7-15-9-11/h3-6,11,15H,1-2,7-9H2,(H,16,17)(H2,14,18,19)/t11-/m1/s1. The maximum atomic E-state index is 11.9. The summed E-state index contributed by atoms with van der Waals surface area (Å²) in [7, 11) is -3.66. The Bertz CT molecular complexity index is 563. The number of sulfonamides is 1. The molecule has 20 heavy (non-hydrogen) atoms. The van der Waals surface area contributed by atoms with Gasteiger partial charge in [-0.2, -0.15) is 0 Å². The van der Waals surface area contributed by atoms with Crippen LogP contribution >= 0.6 is 0 Å². The first kappa shape index (κ1) is 15.0. The van der Waals surface area contributed by atoms with Gasteiger partial charge in [0, 0.05) is 13.1 Å². The number of primary sulfonamides is 1. The third kappa shape index (κ3) is 4.03. The molecule has 1 atom stereocenters. The molecule has 1 aliphatic rings. The van der Waals surface area contributed by atoms with Crippen LogP contribution in [0.25, 0.3) is 0 Å². The van der Waals surface area contributed by atoms with Gasteiger partial charge in [-0.15, -0.1) is 0 Å². The SMILES string of the molecule is NS(=O)(=O)c1ccc(CNC(=O)[C@@H]2CCCNC2)cc1. The van der Waals surface area contributed by atoms with Crippen LogP contribution in [-0.4, -0.2) is 27.4 Å². The molecule has 110 valence electrons. The van der Waals surface area contributed by atoms with Crippen LogP contribution in [0.15, 0.2) is 29.2 Å². The summed E-state index contributed by atoms with van der Waals surface area (Å²) in [5.74, 6) is 0.0557. The molecule has 0 saturated carbocycles. The van der Waals surface area contributed by atoms with E-state index in [0.29, 0.717) is 6.54 Å². The molecule has 6 nitrogen and oxygen atoms in total. The average Bonchev–Trinajstić information content (AvgIpc) is 2.45. The first-order valence-corrected chi connectivity index (χ1v) is 8.11. The van der Waals surface area contributed by atoms with Gasteiger partial charge in [-0.1, -0.05) is 12.1 Å². The van der Waals surface area contributed by atoms with Crippen molar-refractivity contribution in [2.75, 3.05) is 13.1 Å². The molecular formula is C13H19N3O3S. The summed E-state index contributed by atoms with van der Waals surface area (Å²) in [5, 5.41) is 11.1. The molecule has 2 rings (SSSR count). The molecule has 0 aromatic heterocycles. The number of rotatable bonds is 4. The maximum Gasteiger partial charge on any atom is 0.238 e. The third-order valence-electron chi connectivity index (χ3n) is 3.39. The van der Waals surface area contributed by atoms with E-state index < -0.39 is 10.0 Å². The highest BCUT2D eigenvalue weighted by Gasteiger charge is 2.20. The van der Waals surface area contributed by atoms with Gasteiger partial charge in [-0.25, -0.2) is 13.6 Å². The van der Waals surface area contributed by atoms with Crippen LogP contribution in [0.4, 0.5) is 0 Å². The Hall–Kier alpha value is -1.44. The van der Waals surface area contributed by atoms with Gasteiger partial charge >= 0.3 is 0 Å². The van der Waals surface area contributed by atoms with Crippen molar-refractivity contribution in [1.29, 1.82) is 0 Å². The van der Waals surface area contributed by atoms with Crippen LogP contribution in [0, 0.1) is 5.92 Å². The van der Waals surface area contributed by atoms with Gasteiger partial charge in [-0.05, 0) is 37.1 Å². The van der Waals surface area contributed by atoms with Gasteiger partial charge < -0.3 is 10.6 Å². The molecule has 0 unspecified atom stereocenters. The van der Waals surface area contributed by atoms with Gasteiger partial charge in [0.1, 0.15) is 0 Å². The maximum absolute atomic E-state index is 11.9. The quantitative estimate of drug-likeness (QED) is 0.725. The number of carbonyl (C=O) groups excluding carboxylic acids is 1. The molecule has 1 saturated heterocycles. The van der Waals surface area contributed by atoms with E-state index >= 15 is 0 Å². The monoisotopic (exact) mass is 297 g/mol. The highest BCUT2D eigenvalue weighted by molar-refractivity contribution is 7.89. The van der Waals surface area contributed by atoms with Crippen molar-refractivity contribution in [2.45, 2.75) is 24.3 Å². The Morgan fingerprint density at radius 2 is 2.05 bits per heavy atom. The first-order chi connectivity index (χ1) is 9.47. The van der Waals surface area contributed by atoms with Crippen LogP contribution in [0.2, 0.25) is 0 Å². The van der Waals surface area contributed by atoms with E-state index in [-0.39, 0.29) is 16.7 Å². The minimum Gasteiger partial charge on any atom is -0.352 e. The number of amides is 1. The molecule has 1 aliphatic heterocycles. The number of hydrogen-bond donors (Lipinski definition) is 3. The number of hydrogen-bond acceptors (Lipinski definition) is 4. The minimum atomic E-state index is -3.66. The average molecular weight is 297 g/mol. The van der Waals surface area contributed by atoms with E-state index in [9.17, 15) is 13.2 Å². The Kier molecular flexibility index (Phi) is 4.74. The summed E-state index contributed by atoms with van der Waals surface area (Å²) in [6.45, 7) is 2.08. The Balaban J connectivity index is 1.89. The molecule has 0 spiro atoms. The minimum absolute atomic E-state index is 0.0208. The molecule has 1 aromatic carbocycles. The second-order valence-electron chi connectivity index (χ2n) is 4.95. The van der Waals surface area contributed by atoms with Crippen molar-refractivity contribution < 1.29 is 13.2 Å². The van der Waals surface area contributed by atoms with Gasteiger partial charge in [-0.3, -0.25) is 4.79 Å². The number of piperidine rings is 1. The molecule has 0 bridgehead atoms. The van der Waals surface area contributed by atoms with E-state index in [0.717, 1.165) is 31.5 Å². The smallest absolute Gasteiger partial charge is 0.238 e. The fourth-order valence-corrected chi connectivity index (χ4v) is 2.72. The molecule has 4 N–H and O–H groups in total. The van der Waals surface area contributed by atoms with Gasteiger partial charge in [0.2, 0.25) is 15.9 Å². The Morgan fingerprint density at radius 3 is 2.60 bits per heavy atom. The highest BCUT2D eigenvalue weighted by Crippen LogP contribution is 2.11. The van der Waals surface area contributed by atoms with Gasteiger partial charge in [0.25, 0.3) is 0 Å². The topological polar surface area (TPSA) is 101 Å². The van der Waals surface area contributed by atoms with Crippen molar-refractivity contribution in [2.24, 2.45) is 11.1 Å². The van der Waals surface area contributed by atoms with Crippen molar-refractivity contribution in [3.8, 4) is 0 Å². The van der Waals surface area contributed by atoms with Crippen molar-refractivity contribution >= 4 is 15.9 Å². The summed E-state index contributed by atoms with van der Waals surface area (Å²) in [6, 6.07) is 6.19. The molecule has 1 heterocycles. The van der Waals surface area contributed by atoms with Crippen molar-refractivity contribution in [3.05, 3.63) is 29.8 Å². The van der Waals surface area contributed by atoms with Crippen LogP contribution in [-0.2, 0) is 21.4 Å². The summed E-state index contributed by atoms with van der Waals surface area (Å²) in [5.41, 5.74) is 0.842. The lowest BCUT2D eigenvalue weighted by atomic mass is 9.99. The molecule has 0 radical (unpaired) electrons. The fraction of sp³-hybridized carbons (Fsp3) is 0.462. The molecule has 1 aromatic rings. The highest BCUT2D eigenvalue weighted by atomic mass is 32.2. The van der Waals surface area contributed by atoms with Crippen LogP contribution < -0.4 is 15.8 Å². The van der Waals surface area contributed by atoms with Gasteiger partial charge in [0.15, 0.2) is 0 Å². The number of benzene rings is 1. The van der Waals surface area contributed by atoms with Crippen LogP contribution in [0.3, 0.4) is 0 Å². The summed E-state index contributed by atoms with van der Waals surface area (Å²) < 4.78 is 22.2. The van der Waals surface area contributed by atoms with E-state index in [1.807, 2.05) is 0 Å². The van der Waals surface area contributed by atoms with Crippen molar-refractivity contribution in [1.82, 2.24) is 10.6 Å². The molecular weight excluding hydrogens is 278 g/mol. The predicted molar refractivity (Wildman–Crippen MR) is 75.3 cm³/mol. The lowest BCUT2D eigenvalue weighted by molar-refractivity contribution is -0.125. The normalized spacial score (nSPS) is 19.6. The fourth-order valence-electron chi connectivity index (χ4n) is 2.21. The number of nitrogens with two attached hydrogens (primary N) is 1. The Labute approximate surface area is 118 Å². The van der Waals surface area contributed by atoms with Crippen LogP contribution in [0.1, 0.15) is 18.4 Å². The van der Waals surface area contributed by atoms with E-state index in [1.165, 1.54) is 12.1 Å². The first-order valence-electron chi connectivity index (χ1n) is 6.57.